The van der Waals surface area contributed by atoms with Crippen LogP contribution in [0, 0.1) is 0 Å². The van der Waals surface area contributed by atoms with Gasteiger partial charge in [0.25, 0.3) is 5.91 Å². The van der Waals surface area contributed by atoms with Crippen LogP contribution in [0.3, 0.4) is 0 Å². The highest BCUT2D eigenvalue weighted by molar-refractivity contribution is 6.35. The van der Waals surface area contributed by atoms with Gasteiger partial charge in [0.1, 0.15) is 5.75 Å². The van der Waals surface area contributed by atoms with Crippen LogP contribution in [-0.2, 0) is 11.8 Å². The number of aromatic hydroxyl groups is 1. The van der Waals surface area contributed by atoms with Gasteiger partial charge in [0.05, 0.1) is 5.69 Å². The molecule has 3 aromatic carbocycles. The number of phenolic OH excluding ortho intramolecular Hbond substituents is 1. The monoisotopic (exact) mass is 459 g/mol. The number of carbonyl (C=O) groups is 1. The Kier molecular flexibility index (Phi) is 4.81. The third-order valence-electron chi connectivity index (χ3n) is 6.10. The lowest BCUT2D eigenvalue weighted by atomic mass is 10.0. The highest BCUT2D eigenvalue weighted by Crippen LogP contribution is 2.35. The molecule has 170 valence electrons. The number of aromatic nitrogens is 3. The van der Waals surface area contributed by atoms with Crippen molar-refractivity contribution in [3.63, 3.8) is 0 Å². The van der Waals surface area contributed by atoms with Crippen molar-refractivity contribution in [3.8, 4) is 17.0 Å². The molecule has 0 saturated carbocycles. The van der Waals surface area contributed by atoms with Gasteiger partial charge in [-0.3, -0.25) is 4.79 Å². The normalized spacial score (nSPS) is 13.7. The second-order valence-corrected chi connectivity index (χ2v) is 8.42. The Balaban J connectivity index is 1.36. The van der Waals surface area contributed by atoms with Crippen LogP contribution in [0.25, 0.3) is 33.8 Å². The SMILES string of the molecule is Cn1cc(/C=C2/C(=O)Nc3ccccc32)c2cc(Nc3nccc(-c4ccc(O)cc4)n3)ccc21. The molecule has 0 fully saturated rings. The molecule has 2 aromatic heterocycles. The van der Waals surface area contributed by atoms with Gasteiger partial charge in [0.15, 0.2) is 0 Å². The fourth-order valence-electron chi connectivity index (χ4n) is 4.39. The number of hydrogen-bond acceptors (Lipinski definition) is 5. The summed E-state index contributed by atoms with van der Waals surface area (Å²) >= 11 is 0. The molecule has 0 unspecified atom stereocenters. The first-order valence-electron chi connectivity index (χ1n) is 11.2. The summed E-state index contributed by atoms with van der Waals surface area (Å²) in [6.45, 7) is 0. The fourth-order valence-corrected chi connectivity index (χ4v) is 4.39. The lowest BCUT2D eigenvalue weighted by Crippen LogP contribution is -2.03. The average molecular weight is 460 g/mol. The number of phenols is 1. The van der Waals surface area contributed by atoms with Crippen LogP contribution in [0.4, 0.5) is 17.3 Å². The van der Waals surface area contributed by atoms with Crippen LogP contribution in [0.15, 0.2) is 85.2 Å². The zero-order chi connectivity index (χ0) is 23.9. The Labute approximate surface area is 201 Å². The van der Waals surface area contributed by atoms with Crippen molar-refractivity contribution in [3.05, 3.63) is 96.3 Å². The van der Waals surface area contributed by atoms with E-state index in [0.29, 0.717) is 11.5 Å². The molecule has 3 N–H and O–H groups in total. The molecule has 1 aliphatic rings. The molecule has 6 rings (SSSR count). The largest absolute Gasteiger partial charge is 0.508 e. The molecule has 3 heterocycles. The summed E-state index contributed by atoms with van der Waals surface area (Å²) < 4.78 is 2.05. The van der Waals surface area contributed by atoms with Crippen LogP contribution >= 0.6 is 0 Å². The first-order valence-corrected chi connectivity index (χ1v) is 11.2. The summed E-state index contributed by atoms with van der Waals surface area (Å²) in [7, 11) is 1.99. The summed E-state index contributed by atoms with van der Waals surface area (Å²) in [5, 5.41) is 16.8. The molecular weight excluding hydrogens is 438 g/mol. The smallest absolute Gasteiger partial charge is 0.256 e. The van der Waals surface area contributed by atoms with Crippen LogP contribution < -0.4 is 10.6 Å². The van der Waals surface area contributed by atoms with Crippen molar-refractivity contribution in [1.29, 1.82) is 0 Å². The third kappa shape index (κ3) is 3.79. The van der Waals surface area contributed by atoms with E-state index < -0.39 is 0 Å². The molecular formula is C28H21N5O2. The second kappa shape index (κ2) is 8.14. The van der Waals surface area contributed by atoms with Gasteiger partial charge in [-0.25, -0.2) is 9.97 Å². The summed E-state index contributed by atoms with van der Waals surface area (Å²) in [5.41, 5.74) is 6.86. The number of amides is 1. The molecule has 0 spiro atoms. The standard InChI is InChI=1S/C28H21N5O2/c1-33-16-18(14-23-21-4-2-3-5-25(21)31-27(23)35)22-15-19(8-11-26(22)33)30-28-29-13-12-24(32-28)17-6-9-20(34)10-7-17/h2-16,34H,1H3,(H,31,35)(H,29,30,32)/b23-14+. The molecule has 0 aliphatic carbocycles. The number of nitrogens with zero attached hydrogens (tertiary/aromatic N) is 3. The molecule has 7 heteroatoms. The molecule has 0 saturated heterocycles. The average Bonchev–Trinajstić information content (AvgIpc) is 3.35. The van der Waals surface area contributed by atoms with E-state index in [1.54, 1.807) is 18.3 Å². The maximum Gasteiger partial charge on any atom is 0.256 e. The van der Waals surface area contributed by atoms with Gasteiger partial charge in [-0.1, -0.05) is 18.2 Å². The van der Waals surface area contributed by atoms with Crippen molar-refractivity contribution in [2.24, 2.45) is 7.05 Å². The van der Waals surface area contributed by atoms with E-state index in [2.05, 4.69) is 20.6 Å². The van der Waals surface area contributed by atoms with E-state index in [4.69, 9.17) is 0 Å². The number of benzene rings is 3. The van der Waals surface area contributed by atoms with Gasteiger partial charge in [0, 0.05) is 64.0 Å². The van der Waals surface area contributed by atoms with E-state index in [1.165, 1.54) is 0 Å². The first kappa shape index (κ1) is 20.7. The quantitative estimate of drug-likeness (QED) is 0.305. The molecule has 7 nitrogen and oxygen atoms in total. The van der Waals surface area contributed by atoms with E-state index in [0.717, 1.165) is 44.7 Å². The van der Waals surface area contributed by atoms with E-state index in [9.17, 15) is 9.90 Å². The van der Waals surface area contributed by atoms with Gasteiger partial charge in [-0.2, -0.15) is 0 Å². The molecule has 35 heavy (non-hydrogen) atoms. The van der Waals surface area contributed by atoms with E-state index in [-0.39, 0.29) is 11.7 Å². The minimum Gasteiger partial charge on any atom is -0.508 e. The lowest BCUT2D eigenvalue weighted by molar-refractivity contribution is -0.110. The van der Waals surface area contributed by atoms with Crippen molar-refractivity contribution < 1.29 is 9.90 Å². The number of rotatable bonds is 4. The lowest BCUT2D eigenvalue weighted by Gasteiger charge is -2.08. The Morgan fingerprint density at radius 1 is 1.03 bits per heavy atom. The summed E-state index contributed by atoms with van der Waals surface area (Å²) in [4.78, 5) is 21.6. The van der Waals surface area contributed by atoms with Gasteiger partial charge >= 0.3 is 0 Å². The topological polar surface area (TPSA) is 92.1 Å². The predicted molar refractivity (Wildman–Crippen MR) is 138 cm³/mol. The Morgan fingerprint density at radius 3 is 2.71 bits per heavy atom. The number of nitrogens with one attached hydrogen (secondary N) is 2. The summed E-state index contributed by atoms with van der Waals surface area (Å²) in [6, 6.07) is 22.5. The Bertz CT molecular complexity index is 1630. The van der Waals surface area contributed by atoms with E-state index in [1.807, 2.05) is 84.6 Å². The number of carbonyl (C=O) groups excluding carboxylic acids is 1. The van der Waals surface area contributed by atoms with Gasteiger partial charge in [-0.15, -0.1) is 0 Å². The molecule has 0 atom stereocenters. The molecule has 0 radical (unpaired) electrons. The minimum atomic E-state index is -0.100. The van der Waals surface area contributed by atoms with Crippen LogP contribution in [0.2, 0.25) is 0 Å². The zero-order valence-electron chi connectivity index (χ0n) is 18.9. The number of aryl methyl sites for hydroxylation is 1. The number of hydrogen-bond donors (Lipinski definition) is 3. The molecule has 0 bridgehead atoms. The van der Waals surface area contributed by atoms with Crippen molar-refractivity contribution in [1.82, 2.24) is 14.5 Å². The second-order valence-electron chi connectivity index (χ2n) is 8.42. The molecule has 1 amide bonds. The van der Waals surface area contributed by atoms with Gasteiger partial charge in [0.2, 0.25) is 5.95 Å². The van der Waals surface area contributed by atoms with Gasteiger partial charge in [-0.05, 0) is 60.7 Å². The van der Waals surface area contributed by atoms with E-state index >= 15 is 0 Å². The highest BCUT2D eigenvalue weighted by Gasteiger charge is 2.24. The maximum absolute atomic E-state index is 12.6. The van der Waals surface area contributed by atoms with Crippen molar-refractivity contribution in [2.75, 3.05) is 10.6 Å². The van der Waals surface area contributed by atoms with Crippen LogP contribution in [-0.4, -0.2) is 25.5 Å². The van der Waals surface area contributed by atoms with Crippen LogP contribution in [0.5, 0.6) is 5.75 Å². The summed E-state index contributed by atoms with van der Waals surface area (Å²) in [5.74, 6) is 0.577. The predicted octanol–water partition coefficient (Wildman–Crippen LogP) is 5.58. The van der Waals surface area contributed by atoms with Crippen molar-refractivity contribution >= 4 is 45.8 Å². The van der Waals surface area contributed by atoms with Crippen LogP contribution in [0.1, 0.15) is 11.1 Å². The minimum absolute atomic E-state index is 0.100. The third-order valence-corrected chi connectivity index (χ3v) is 6.10. The summed E-state index contributed by atoms with van der Waals surface area (Å²) in [6.07, 6.45) is 5.66. The fraction of sp³-hybridized carbons (Fsp3) is 0.0357. The number of para-hydroxylation sites is 1. The van der Waals surface area contributed by atoms with Crippen molar-refractivity contribution in [2.45, 2.75) is 0 Å². The molecule has 5 aromatic rings. The Hall–Kier alpha value is -4.91. The molecule has 1 aliphatic heterocycles. The van der Waals surface area contributed by atoms with Gasteiger partial charge < -0.3 is 20.3 Å². The maximum atomic E-state index is 12.6. The zero-order valence-corrected chi connectivity index (χ0v) is 18.9. The highest BCUT2D eigenvalue weighted by atomic mass is 16.3. The Morgan fingerprint density at radius 2 is 1.86 bits per heavy atom. The number of anilines is 3. The first-order chi connectivity index (χ1) is 17.0. The number of fused-ring (bicyclic) bond motifs is 2.